The summed E-state index contributed by atoms with van der Waals surface area (Å²) in [6.45, 7) is 0.926. The van der Waals surface area contributed by atoms with Crippen molar-refractivity contribution in [1.29, 1.82) is 0 Å². The van der Waals surface area contributed by atoms with Crippen molar-refractivity contribution < 1.29 is 19.7 Å². The van der Waals surface area contributed by atoms with Gasteiger partial charge in [0.2, 0.25) is 11.9 Å². The SMILES string of the molecule is COc1ccc(Cl)c(-c2cc3cnc(NC(CO)CO)nc3n(CCc3ccc(NC(C)=O)cn3)c2=O)c1Cl. The molecule has 204 valence electrons. The maximum Gasteiger partial charge on any atom is 0.260 e. The number of hydrogen-bond donors (Lipinski definition) is 4. The van der Waals surface area contributed by atoms with Gasteiger partial charge in [0.05, 0.1) is 53.9 Å². The number of nitrogens with one attached hydrogen (secondary N) is 2. The van der Waals surface area contributed by atoms with Gasteiger partial charge in [0.1, 0.15) is 11.4 Å². The maximum absolute atomic E-state index is 13.9. The number of rotatable bonds is 10. The van der Waals surface area contributed by atoms with Crippen molar-refractivity contribution in [3.8, 4) is 16.9 Å². The Bertz CT molecular complexity index is 1560. The summed E-state index contributed by atoms with van der Waals surface area (Å²) < 4.78 is 6.80. The van der Waals surface area contributed by atoms with Gasteiger partial charge in [-0.1, -0.05) is 23.2 Å². The van der Waals surface area contributed by atoms with Crippen LogP contribution in [0.3, 0.4) is 0 Å². The lowest BCUT2D eigenvalue weighted by Gasteiger charge is -2.17. The Kier molecular flexibility index (Phi) is 8.97. The van der Waals surface area contributed by atoms with Crippen molar-refractivity contribution in [2.24, 2.45) is 0 Å². The number of amides is 1. The predicted molar refractivity (Wildman–Crippen MR) is 150 cm³/mol. The van der Waals surface area contributed by atoms with Crippen LogP contribution in [0.15, 0.2) is 47.5 Å². The molecule has 0 atom stereocenters. The van der Waals surface area contributed by atoms with E-state index in [4.69, 9.17) is 27.9 Å². The standard InChI is InChI=1S/C26H26Cl2N6O5/c1-14(37)31-17-4-3-16(29-11-17)7-8-34-24-15(10-30-26(33-24)32-18(12-35)13-36)9-19(25(34)38)22-20(27)5-6-21(39-2)23(22)28/h3-6,9-11,18,35-36H,7-8,12-13H2,1-2H3,(H,31,37)(H,30,32,33). The smallest absolute Gasteiger partial charge is 0.260 e. The fourth-order valence-corrected chi connectivity index (χ4v) is 4.61. The number of nitrogens with zero attached hydrogens (tertiary/aromatic N) is 4. The van der Waals surface area contributed by atoms with Crippen molar-refractivity contribution in [2.75, 3.05) is 31.0 Å². The Morgan fingerprint density at radius 1 is 1.13 bits per heavy atom. The summed E-state index contributed by atoms with van der Waals surface area (Å²) >= 11 is 13.1. The molecule has 0 spiro atoms. The number of hydrogen-bond acceptors (Lipinski definition) is 9. The Balaban J connectivity index is 1.82. The highest BCUT2D eigenvalue weighted by molar-refractivity contribution is 6.40. The van der Waals surface area contributed by atoms with E-state index in [1.54, 1.807) is 30.3 Å². The van der Waals surface area contributed by atoms with Gasteiger partial charge < -0.3 is 25.6 Å². The zero-order valence-corrected chi connectivity index (χ0v) is 22.6. The molecule has 1 aromatic carbocycles. The minimum Gasteiger partial charge on any atom is -0.495 e. The highest BCUT2D eigenvalue weighted by Crippen LogP contribution is 2.39. The number of aromatic nitrogens is 4. The second kappa shape index (κ2) is 12.4. The van der Waals surface area contributed by atoms with Crippen molar-refractivity contribution in [2.45, 2.75) is 25.9 Å². The Labute approximate surface area is 233 Å². The zero-order chi connectivity index (χ0) is 28.1. The average Bonchev–Trinajstić information content (AvgIpc) is 2.92. The fourth-order valence-electron chi connectivity index (χ4n) is 3.96. The van der Waals surface area contributed by atoms with E-state index in [2.05, 4.69) is 25.6 Å². The predicted octanol–water partition coefficient (Wildman–Crippen LogP) is 3.14. The summed E-state index contributed by atoms with van der Waals surface area (Å²) in [6.07, 6.45) is 3.43. The van der Waals surface area contributed by atoms with Gasteiger partial charge in [0.25, 0.3) is 5.56 Å². The number of fused-ring (bicyclic) bond motifs is 1. The number of halogens is 2. The van der Waals surface area contributed by atoms with E-state index < -0.39 is 11.6 Å². The third-order valence-electron chi connectivity index (χ3n) is 5.88. The van der Waals surface area contributed by atoms with Crippen molar-refractivity contribution >= 4 is 51.8 Å². The van der Waals surface area contributed by atoms with E-state index >= 15 is 0 Å². The van der Waals surface area contributed by atoms with Crippen LogP contribution in [-0.4, -0.2) is 62.0 Å². The molecule has 0 fully saturated rings. The molecule has 0 saturated heterocycles. The summed E-state index contributed by atoms with van der Waals surface area (Å²) in [6, 6.07) is 7.63. The van der Waals surface area contributed by atoms with Gasteiger partial charge in [0.15, 0.2) is 0 Å². The number of aliphatic hydroxyl groups is 2. The second-order valence-corrected chi connectivity index (χ2v) is 9.39. The summed E-state index contributed by atoms with van der Waals surface area (Å²) in [5, 5.41) is 25.4. The lowest BCUT2D eigenvalue weighted by atomic mass is 10.0. The first kappa shape index (κ1) is 28.2. The van der Waals surface area contributed by atoms with E-state index in [9.17, 15) is 19.8 Å². The summed E-state index contributed by atoms with van der Waals surface area (Å²) in [5.41, 5.74) is 1.71. The lowest BCUT2D eigenvalue weighted by Crippen LogP contribution is -2.29. The minimum absolute atomic E-state index is 0.131. The Hall–Kier alpha value is -3.77. The van der Waals surface area contributed by atoms with Crippen LogP contribution in [0.4, 0.5) is 11.6 Å². The molecule has 0 aliphatic heterocycles. The fraction of sp³-hybridized carbons (Fsp3) is 0.269. The molecule has 0 aliphatic carbocycles. The van der Waals surface area contributed by atoms with Crippen LogP contribution >= 0.6 is 23.2 Å². The summed E-state index contributed by atoms with van der Waals surface area (Å²) in [5.74, 6) is 0.287. The normalized spacial score (nSPS) is 11.2. The summed E-state index contributed by atoms with van der Waals surface area (Å²) in [7, 11) is 1.47. The van der Waals surface area contributed by atoms with Gasteiger partial charge in [-0.3, -0.25) is 19.1 Å². The molecule has 0 saturated carbocycles. The van der Waals surface area contributed by atoms with Crippen LogP contribution in [-0.2, 0) is 17.8 Å². The number of anilines is 2. The van der Waals surface area contributed by atoms with E-state index in [1.807, 2.05) is 0 Å². The molecule has 4 N–H and O–H groups in total. The molecule has 4 aromatic rings. The van der Waals surface area contributed by atoms with Gasteiger partial charge >= 0.3 is 0 Å². The van der Waals surface area contributed by atoms with E-state index in [-0.39, 0.29) is 47.2 Å². The number of aryl methyl sites for hydroxylation is 2. The lowest BCUT2D eigenvalue weighted by molar-refractivity contribution is -0.114. The Morgan fingerprint density at radius 2 is 1.90 bits per heavy atom. The minimum atomic E-state index is -0.678. The van der Waals surface area contributed by atoms with Crippen molar-refractivity contribution in [1.82, 2.24) is 19.5 Å². The maximum atomic E-state index is 13.9. The number of carbonyl (C=O) groups is 1. The second-order valence-electron chi connectivity index (χ2n) is 8.60. The zero-order valence-electron chi connectivity index (χ0n) is 21.1. The molecule has 0 unspecified atom stereocenters. The molecule has 13 heteroatoms. The first-order valence-electron chi connectivity index (χ1n) is 11.9. The van der Waals surface area contributed by atoms with Gasteiger partial charge in [-0.25, -0.2) is 4.98 Å². The number of pyridine rings is 2. The van der Waals surface area contributed by atoms with Crippen LogP contribution < -0.4 is 20.9 Å². The largest absolute Gasteiger partial charge is 0.495 e. The monoisotopic (exact) mass is 572 g/mol. The van der Waals surface area contributed by atoms with Crippen LogP contribution in [0, 0.1) is 0 Å². The van der Waals surface area contributed by atoms with Crippen LogP contribution in [0.2, 0.25) is 10.0 Å². The molecule has 39 heavy (non-hydrogen) atoms. The first-order valence-corrected chi connectivity index (χ1v) is 12.6. The first-order chi connectivity index (χ1) is 18.7. The highest BCUT2D eigenvalue weighted by atomic mass is 35.5. The Morgan fingerprint density at radius 3 is 2.54 bits per heavy atom. The van der Waals surface area contributed by atoms with E-state index in [0.717, 1.165) is 0 Å². The van der Waals surface area contributed by atoms with E-state index in [1.165, 1.54) is 31.0 Å². The molecule has 0 bridgehead atoms. The summed E-state index contributed by atoms with van der Waals surface area (Å²) in [4.78, 5) is 38.4. The van der Waals surface area contributed by atoms with E-state index in [0.29, 0.717) is 40.1 Å². The number of aliphatic hydroxyl groups excluding tert-OH is 2. The third-order valence-corrected chi connectivity index (χ3v) is 6.57. The third kappa shape index (κ3) is 6.28. The van der Waals surface area contributed by atoms with Gasteiger partial charge in [-0.15, -0.1) is 0 Å². The average molecular weight is 573 g/mol. The molecular weight excluding hydrogens is 547 g/mol. The topological polar surface area (TPSA) is 151 Å². The van der Waals surface area contributed by atoms with Crippen LogP contribution in [0.25, 0.3) is 22.2 Å². The van der Waals surface area contributed by atoms with Gasteiger partial charge in [0, 0.05) is 42.7 Å². The molecule has 3 aromatic heterocycles. The number of benzene rings is 1. The number of methoxy groups -OCH3 is 1. The molecule has 4 rings (SSSR count). The molecule has 3 heterocycles. The van der Waals surface area contributed by atoms with Crippen LogP contribution in [0.5, 0.6) is 5.75 Å². The molecule has 11 nitrogen and oxygen atoms in total. The van der Waals surface area contributed by atoms with Crippen molar-refractivity contribution in [3.63, 3.8) is 0 Å². The number of carbonyl (C=O) groups excluding carboxylic acids is 1. The molecule has 0 aliphatic rings. The van der Waals surface area contributed by atoms with Crippen molar-refractivity contribution in [3.05, 3.63) is 68.8 Å². The molecular formula is C26H26Cl2N6O5. The molecule has 0 radical (unpaired) electrons. The van der Waals surface area contributed by atoms with Gasteiger partial charge in [-0.2, -0.15) is 4.98 Å². The van der Waals surface area contributed by atoms with Crippen LogP contribution in [0.1, 0.15) is 12.6 Å². The highest BCUT2D eigenvalue weighted by Gasteiger charge is 2.20. The number of ether oxygens (including phenoxy) is 1. The molecule has 1 amide bonds. The van der Waals surface area contributed by atoms with Gasteiger partial charge in [-0.05, 0) is 30.3 Å². The quantitative estimate of drug-likeness (QED) is 0.224.